The fourth-order valence-corrected chi connectivity index (χ4v) is 0. The van der Waals surface area contributed by atoms with E-state index in [1.54, 1.807) is 0 Å². The molecular formula is CrFeOS. The van der Waals surface area contributed by atoms with E-state index in [1.807, 2.05) is 0 Å². The second-order valence-electron chi connectivity index (χ2n) is 0. The minimum absolute atomic E-state index is 0. The van der Waals surface area contributed by atoms with Gasteiger partial charge in [0.1, 0.15) is 0 Å². The van der Waals surface area contributed by atoms with Crippen LogP contribution in [0.25, 0.3) is 0 Å². The molecular weight excluding hydrogens is 156 g/mol. The third-order valence-corrected chi connectivity index (χ3v) is 0. The molecule has 0 radical (unpaired) electrons. The molecule has 0 saturated carbocycles. The van der Waals surface area contributed by atoms with Gasteiger partial charge in [-0.2, -0.15) is 4.21 Å². The predicted octanol–water partition coefficient (Wildman–Crippen LogP) is -0.341. The summed E-state index contributed by atoms with van der Waals surface area (Å²) < 4.78 is 7.83. The van der Waals surface area contributed by atoms with Gasteiger partial charge in [-0.15, -0.1) is 0 Å². The summed E-state index contributed by atoms with van der Waals surface area (Å²) in [6.45, 7) is 0. The first-order valence-corrected chi connectivity index (χ1v) is 0.500. The van der Waals surface area contributed by atoms with Crippen molar-refractivity contribution in [2.24, 2.45) is 0 Å². The van der Waals surface area contributed by atoms with Gasteiger partial charge in [-0.3, -0.25) is 0 Å². The van der Waals surface area contributed by atoms with Crippen LogP contribution >= 0.6 is 0 Å². The van der Waals surface area contributed by atoms with Gasteiger partial charge in [0.2, 0.25) is 0 Å². The van der Waals surface area contributed by atoms with Crippen molar-refractivity contribution in [2.75, 3.05) is 0 Å². The van der Waals surface area contributed by atoms with E-state index in [0.717, 1.165) is 0 Å². The Labute approximate surface area is 51.3 Å². The summed E-state index contributed by atoms with van der Waals surface area (Å²) in [7, 11) is 0. The van der Waals surface area contributed by atoms with Gasteiger partial charge in [0.25, 0.3) is 0 Å². The minimum Gasteiger partial charge on any atom is -0.197 e. The van der Waals surface area contributed by atoms with Gasteiger partial charge in [0, 0.05) is 34.4 Å². The van der Waals surface area contributed by atoms with Crippen LogP contribution in [0.1, 0.15) is 0 Å². The standard InChI is InChI=1S/Cr.Fe.OS/c;;1-2. The fraction of sp³-hybridized carbons (Fsp3) is 0. The topological polar surface area (TPSA) is 17.1 Å². The largest absolute Gasteiger partial charge is 0.197 e. The van der Waals surface area contributed by atoms with E-state index in [9.17, 15) is 0 Å². The third-order valence-electron chi connectivity index (χ3n) is 0. The van der Waals surface area contributed by atoms with Crippen molar-refractivity contribution in [1.82, 2.24) is 0 Å². The van der Waals surface area contributed by atoms with Crippen molar-refractivity contribution >= 4 is 12.5 Å². The van der Waals surface area contributed by atoms with Gasteiger partial charge in [-0.25, -0.2) is 0 Å². The molecule has 0 aliphatic carbocycles. The van der Waals surface area contributed by atoms with Crippen molar-refractivity contribution < 1.29 is 38.6 Å². The van der Waals surface area contributed by atoms with Gasteiger partial charge in [0.15, 0.2) is 12.5 Å². The molecule has 0 aromatic carbocycles. The van der Waals surface area contributed by atoms with E-state index in [2.05, 4.69) is 12.5 Å². The number of rotatable bonds is 0. The summed E-state index contributed by atoms with van der Waals surface area (Å²) in [6.07, 6.45) is 0. The summed E-state index contributed by atoms with van der Waals surface area (Å²) in [5.74, 6) is 0. The second-order valence-corrected chi connectivity index (χ2v) is 0. The molecule has 0 saturated heterocycles. The zero-order valence-corrected chi connectivity index (χ0v) is 4.77. The normalized spacial score (nSPS) is 1.00. The first-order chi connectivity index (χ1) is 1.00. The van der Waals surface area contributed by atoms with Crippen molar-refractivity contribution in [3.8, 4) is 0 Å². The first kappa shape index (κ1) is 19.6. The third kappa shape index (κ3) is 11.5. The van der Waals surface area contributed by atoms with Crippen LogP contribution in [-0.2, 0) is 47.0 Å². The zero-order valence-electron chi connectivity index (χ0n) is 1.58. The van der Waals surface area contributed by atoms with Crippen molar-refractivity contribution in [3.63, 3.8) is 0 Å². The molecule has 0 unspecified atom stereocenters. The minimum atomic E-state index is 0. The van der Waals surface area contributed by atoms with Gasteiger partial charge >= 0.3 is 0 Å². The molecule has 0 aliphatic heterocycles. The van der Waals surface area contributed by atoms with Crippen LogP contribution in [0.5, 0.6) is 0 Å². The molecule has 0 atom stereocenters. The van der Waals surface area contributed by atoms with Crippen LogP contribution in [-0.4, -0.2) is 4.21 Å². The Morgan fingerprint density at radius 1 is 1.25 bits per heavy atom. The molecule has 0 aromatic rings. The maximum Gasteiger partial charge on any atom is 0.197 e. The molecule has 0 bridgehead atoms. The second kappa shape index (κ2) is 33.4. The summed E-state index contributed by atoms with van der Waals surface area (Å²) in [5.41, 5.74) is 0. The van der Waals surface area contributed by atoms with Crippen LogP contribution in [0.2, 0.25) is 0 Å². The molecule has 26 valence electrons. The van der Waals surface area contributed by atoms with Crippen LogP contribution in [0, 0.1) is 0 Å². The Kier molecular flexibility index (Phi) is 164. The van der Waals surface area contributed by atoms with E-state index >= 15 is 0 Å². The van der Waals surface area contributed by atoms with Crippen molar-refractivity contribution in [1.29, 1.82) is 0 Å². The van der Waals surface area contributed by atoms with Crippen LogP contribution in [0.15, 0.2) is 0 Å². The summed E-state index contributed by atoms with van der Waals surface area (Å²) in [5, 5.41) is 0. The Morgan fingerprint density at radius 3 is 1.25 bits per heavy atom. The quantitative estimate of drug-likeness (QED) is 0.446. The van der Waals surface area contributed by atoms with Crippen molar-refractivity contribution in [3.05, 3.63) is 0 Å². The molecule has 0 fully saturated rings. The zero-order chi connectivity index (χ0) is 2.00. The summed E-state index contributed by atoms with van der Waals surface area (Å²) >= 11 is 2.83. The average Bonchev–Trinajstić information content (AvgIpc) is 1.00. The fourth-order valence-electron chi connectivity index (χ4n) is 0. The number of hydrogen-bond donors (Lipinski definition) is 0. The van der Waals surface area contributed by atoms with Gasteiger partial charge in [0.05, 0.1) is 0 Å². The molecule has 4 heavy (non-hydrogen) atoms. The van der Waals surface area contributed by atoms with E-state index in [-0.39, 0.29) is 34.4 Å². The maximum absolute atomic E-state index is 7.83. The summed E-state index contributed by atoms with van der Waals surface area (Å²) in [4.78, 5) is 0. The van der Waals surface area contributed by atoms with E-state index in [0.29, 0.717) is 0 Å². The monoisotopic (exact) mass is 156 g/mol. The molecule has 1 nitrogen and oxygen atoms in total. The number of hydrogen-bond acceptors (Lipinski definition) is 2. The smallest absolute Gasteiger partial charge is 0.197 e. The Bertz CT molecular complexity index is 8.00. The van der Waals surface area contributed by atoms with Gasteiger partial charge in [-0.05, 0) is 0 Å². The summed E-state index contributed by atoms with van der Waals surface area (Å²) in [6, 6.07) is 0. The van der Waals surface area contributed by atoms with Crippen LogP contribution in [0.4, 0.5) is 0 Å². The molecule has 0 N–H and O–H groups in total. The predicted molar refractivity (Wildman–Crippen MR) is 8.14 cm³/mol. The van der Waals surface area contributed by atoms with Gasteiger partial charge in [-0.1, -0.05) is 0 Å². The molecule has 0 aliphatic rings. The Balaban J connectivity index is -0.00000000500. The van der Waals surface area contributed by atoms with Gasteiger partial charge < -0.3 is 0 Å². The molecule has 0 aromatic heterocycles. The van der Waals surface area contributed by atoms with E-state index in [4.69, 9.17) is 4.21 Å². The Morgan fingerprint density at radius 2 is 1.25 bits per heavy atom. The van der Waals surface area contributed by atoms with Crippen LogP contribution in [0.3, 0.4) is 0 Å². The molecule has 0 amide bonds. The molecule has 0 spiro atoms. The first-order valence-electron chi connectivity index (χ1n) is 0.167. The molecule has 4 heteroatoms. The maximum atomic E-state index is 7.83. The van der Waals surface area contributed by atoms with Crippen molar-refractivity contribution in [2.45, 2.75) is 0 Å². The van der Waals surface area contributed by atoms with E-state index in [1.165, 1.54) is 0 Å². The van der Waals surface area contributed by atoms with E-state index < -0.39 is 0 Å². The molecule has 0 heterocycles. The molecule has 0 rings (SSSR count). The SMILES string of the molecule is O=S.[Cr].[Fe]. The average molecular weight is 156 g/mol. The van der Waals surface area contributed by atoms with Crippen LogP contribution < -0.4 is 0 Å². The Hall–Kier alpha value is 1.07.